The van der Waals surface area contributed by atoms with Gasteiger partial charge >= 0.3 is 0 Å². The van der Waals surface area contributed by atoms with E-state index in [1.807, 2.05) is 6.07 Å². The lowest BCUT2D eigenvalue weighted by Gasteiger charge is -2.26. The molecule has 1 fully saturated rings. The van der Waals surface area contributed by atoms with Crippen molar-refractivity contribution in [1.82, 2.24) is 14.9 Å². The quantitative estimate of drug-likeness (QED) is 0.330. The average Bonchev–Trinajstić information content (AvgIpc) is 3.08. The van der Waals surface area contributed by atoms with E-state index in [4.69, 9.17) is 30.5 Å². The molecular weight excluding hydrogens is 489 g/mol. The largest absolute Gasteiger partial charge is 0.493 e. The number of halogens is 2. The van der Waals surface area contributed by atoms with Crippen LogP contribution in [0.25, 0.3) is 0 Å². The number of aliphatic imine (C=N–C) groups is 1. The molecule has 0 unspecified atom stereocenters. The smallest absolute Gasteiger partial charge is 0.250 e. The molecule has 5 rings (SSSR count). The standard InChI is InChI=1S/C25H25ClFN5O4/c1-33-20-13-19-16(12-21(20)35-9-3-6-32-7-10-34-11-8-32)14-28-23-24(29-15-30-25(23)36-19)31-18-5-2-4-17(26)22(18)27/h2,4-5,12-15H,3,6-11H2,1H3,(H,29,30,31). The van der Waals surface area contributed by atoms with E-state index in [-0.39, 0.29) is 22.4 Å². The van der Waals surface area contributed by atoms with E-state index >= 15 is 0 Å². The molecule has 2 aliphatic heterocycles. The number of hydrogen-bond donors (Lipinski definition) is 1. The minimum atomic E-state index is -0.589. The third-order valence-corrected chi connectivity index (χ3v) is 6.10. The van der Waals surface area contributed by atoms with Crippen LogP contribution in [-0.4, -0.2) is 67.6 Å². The molecule has 188 valence electrons. The van der Waals surface area contributed by atoms with Gasteiger partial charge in [-0.05, 0) is 24.6 Å². The maximum atomic E-state index is 14.4. The van der Waals surface area contributed by atoms with Crippen molar-refractivity contribution in [2.75, 3.05) is 51.9 Å². The summed E-state index contributed by atoms with van der Waals surface area (Å²) in [7, 11) is 1.57. The number of ether oxygens (including phenoxy) is 4. The maximum Gasteiger partial charge on any atom is 0.250 e. The molecule has 0 atom stereocenters. The minimum absolute atomic E-state index is 0.00290. The number of morpholine rings is 1. The number of benzene rings is 2. The van der Waals surface area contributed by atoms with E-state index in [1.165, 1.54) is 12.4 Å². The molecule has 1 N–H and O–H groups in total. The van der Waals surface area contributed by atoms with Gasteiger partial charge in [-0.1, -0.05) is 17.7 Å². The zero-order valence-electron chi connectivity index (χ0n) is 19.7. The molecule has 3 aromatic rings. The summed E-state index contributed by atoms with van der Waals surface area (Å²) in [5.74, 6) is 1.51. The van der Waals surface area contributed by atoms with Gasteiger partial charge in [0, 0.05) is 37.5 Å². The van der Waals surface area contributed by atoms with Crippen molar-refractivity contribution in [3.05, 3.63) is 53.1 Å². The third kappa shape index (κ3) is 5.35. The summed E-state index contributed by atoms with van der Waals surface area (Å²) in [6, 6.07) is 8.21. The lowest BCUT2D eigenvalue weighted by molar-refractivity contribution is 0.0357. The average molecular weight is 514 g/mol. The monoisotopic (exact) mass is 513 g/mol. The molecule has 3 heterocycles. The Hall–Kier alpha value is -3.47. The van der Waals surface area contributed by atoms with Crippen LogP contribution in [-0.2, 0) is 4.74 Å². The van der Waals surface area contributed by atoms with Crippen LogP contribution >= 0.6 is 11.6 Å². The van der Waals surface area contributed by atoms with E-state index in [0.717, 1.165) is 39.3 Å². The van der Waals surface area contributed by atoms with Gasteiger partial charge in [0.25, 0.3) is 5.88 Å². The fourth-order valence-corrected chi connectivity index (χ4v) is 4.10. The van der Waals surface area contributed by atoms with Gasteiger partial charge < -0.3 is 24.3 Å². The Morgan fingerprint density at radius 1 is 1.17 bits per heavy atom. The van der Waals surface area contributed by atoms with Crippen molar-refractivity contribution >= 4 is 35.0 Å². The van der Waals surface area contributed by atoms with Crippen LogP contribution in [0.15, 0.2) is 41.7 Å². The van der Waals surface area contributed by atoms with Gasteiger partial charge in [-0.25, -0.2) is 14.4 Å². The molecule has 0 radical (unpaired) electrons. The molecule has 1 aromatic heterocycles. The third-order valence-electron chi connectivity index (χ3n) is 5.81. The summed E-state index contributed by atoms with van der Waals surface area (Å²) >= 11 is 5.91. The van der Waals surface area contributed by atoms with E-state index in [9.17, 15) is 4.39 Å². The van der Waals surface area contributed by atoms with Crippen LogP contribution in [0.1, 0.15) is 12.0 Å². The number of methoxy groups -OCH3 is 1. The molecule has 0 spiro atoms. The lowest BCUT2D eigenvalue weighted by Crippen LogP contribution is -2.37. The highest BCUT2D eigenvalue weighted by Gasteiger charge is 2.21. The first kappa shape index (κ1) is 24.2. The molecule has 0 amide bonds. The Bertz CT molecular complexity index is 1270. The van der Waals surface area contributed by atoms with Crippen molar-refractivity contribution in [3.8, 4) is 23.1 Å². The molecule has 0 bridgehead atoms. The van der Waals surface area contributed by atoms with E-state index in [2.05, 4.69) is 25.2 Å². The summed E-state index contributed by atoms with van der Waals surface area (Å²) in [5.41, 5.74) is 1.16. The number of aromatic nitrogens is 2. The van der Waals surface area contributed by atoms with E-state index in [0.29, 0.717) is 35.1 Å². The highest BCUT2D eigenvalue weighted by Crippen LogP contribution is 2.43. The molecule has 0 aliphatic carbocycles. The number of nitrogens with zero attached hydrogens (tertiary/aromatic N) is 4. The molecular formula is C25H25ClFN5O4. The summed E-state index contributed by atoms with van der Waals surface area (Å²) in [5, 5.41) is 2.92. The Labute approximate surface area is 212 Å². The predicted octanol–water partition coefficient (Wildman–Crippen LogP) is 4.98. The Kier molecular flexibility index (Phi) is 7.45. The van der Waals surface area contributed by atoms with Crippen molar-refractivity contribution in [2.24, 2.45) is 4.99 Å². The number of rotatable bonds is 8. The van der Waals surface area contributed by atoms with Gasteiger partial charge in [0.05, 0.1) is 37.6 Å². The number of hydrogen-bond acceptors (Lipinski definition) is 9. The van der Waals surface area contributed by atoms with Crippen LogP contribution in [0.2, 0.25) is 5.02 Å². The van der Waals surface area contributed by atoms with Gasteiger partial charge in [0.2, 0.25) is 0 Å². The molecule has 2 aliphatic rings. The first-order chi connectivity index (χ1) is 17.6. The van der Waals surface area contributed by atoms with Gasteiger partial charge in [0.1, 0.15) is 12.1 Å². The van der Waals surface area contributed by atoms with Gasteiger partial charge in [-0.15, -0.1) is 0 Å². The van der Waals surface area contributed by atoms with Crippen LogP contribution < -0.4 is 19.5 Å². The summed E-state index contributed by atoms with van der Waals surface area (Å²) in [6.07, 6.45) is 3.82. The molecule has 36 heavy (non-hydrogen) atoms. The van der Waals surface area contributed by atoms with Crippen molar-refractivity contribution in [1.29, 1.82) is 0 Å². The molecule has 11 heteroatoms. The van der Waals surface area contributed by atoms with Gasteiger partial charge in [-0.2, -0.15) is 4.98 Å². The minimum Gasteiger partial charge on any atom is -0.493 e. The Balaban J connectivity index is 1.34. The Morgan fingerprint density at radius 3 is 2.86 bits per heavy atom. The molecule has 1 saturated heterocycles. The summed E-state index contributed by atoms with van der Waals surface area (Å²) < 4.78 is 37.4. The highest BCUT2D eigenvalue weighted by atomic mass is 35.5. The fraction of sp³-hybridized carbons (Fsp3) is 0.320. The highest BCUT2D eigenvalue weighted by molar-refractivity contribution is 6.31. The molecule has 0 saturated carbocycles. The van der Waals surface area contributed by atoms with Gasteiger partial charge in [0.15, 0.2) is 28.8 Å². The van der Waals surface area contributed by atoms with Crippen molar-refractivity contribution in [3.63, 3.8) is 0 Å². The zero-order chi connectivity index (χ0) is 24.9. The predicted molar refractivity (Wildman–Crippen MR) is 134 cm³/mol. The second kappa shape index (κ2) is 11.1. The fourth-order valence-electron chi connectivity index (χ4n) is 3.92. The summed E-state index contributed by atoms with van der Waals surface area (Å²) in [6.45, 7) is 4.92. The SMILES string of the molecule is COc1cc2c(cc1OCCCN1CCOCC1)C=Nc1c(Nc3cccc(Cl)c3F)ncnc1O2. The van der Waals surface area contributed by atoms with E-state index < -0.39 is 5.82 Å². The Morgan fingerprint density at radius 2 is 2.03 bits per heavy atom. The topological polar surface area (TPSA) is 90.3 Å². The molecule has 9 nitrogen and oxygen atoms in total. The number of anilines is 2. The number of fused-ring (bicyclic) bond motifs is 2. The second-order valence-electron chi connectivity index (χ2n) is 8.16. The number of nitrogens with one attached hydrogen (secondary N) is 1. The van der Waals surface area contributed by atoms with Crippen molar-refractivity contribution < 1.29 is 23.3 Å². The normalized spacial score (nSPS) is 14.9. The van der Waals surface area contributed by atoms with Crippen LogP contribution in [0.4, 0.5) is 21.6 Å². The first-order valence-electron chi connectivity index (χ1n) is 11.6. The first-order valence-corrected chi connectivity index (χ1v) is 11.9. The summed E-state index contributed by atoms with van der Waals surface area (Å²) in [4.78, 5) is 15.3. The lowest BCUT2D eigenvalue weighted by atomic mass is 10.2. The van der Waals surface area contributed by atoms with Crippen LogP contribution in [0.5, 0.6) is 23.1 Å². The van der Waals surface area contributed by atoms with Crippen LogP contribution in [0, 0.1) is 5.82 Å². The maximum absolute atomic E-state index is 14.4. The van der Waals surface area contributed by atoms with E-state index in [1.54, 1.807) is 31.5 Å². The zero-order valence-corrected chi connectivity index (χ0v) is 20.4. The van der Waals surface area contributed by atoms with Crippen molar-refractivity contribution in [2.45, 2.75) is 6.42 Å². The van der Waals surface area contributed by atoms with Gasteiger partial charge in [-0.3, -0.25) is 4.90 Å². The second-order valence-corrected chi connectivity index (χ2v) is 8.57. The van der Waals surface area contributed by atoms with Crippen LogP contribution in [0.3, 0.4) is 0 Å². The molecule has 2 aromatic carbocycles.